The Kier molecular flexibility index (Phi) is 10.3. The molecule has 4 N–H and O–H groups in total. The van der Waals surface area contributed by atoms with E-state index in [9.17, 15) is 13.2 Å². The van der Waals surface area contributed by atoms with Crippen LogP contribution in [0.1, 0.15) is 51.2 Å². The minimum absolute atomic E-state index is 0.130. The lowest BCUT2D eigenvalue weighted by Gasteiger charge is -2.46. The molecule has 45 heavy (non-hydrogen) atoms. The lowest BCUT2D eigenvalue weighted by Crippen LogP contribution is -2.58. The number of hydrogen-bond donors (Lipinski definition) is 3. The molecule has 11 heteroatoms. The van der Waals surface area contributed by atoms with Gasteiger partial charge in [0.1, 0.15) is 5.82 Å². The number of piperazine rings is 1. The minimum atomic E-state index is -3.78. The van der Waals surface area contributed by atoms with Gasteiger partial charge in [-0.15, -0.1) is 0 Å². The highest BCUT2D eigenvalue weighted by atomic mass is 35.5. The lowest BCUT2D eigenvalue weighted by molar-refractivity contribution is -0.122. The van der Waals surface area contributed by atoms with Gasteiger partial charge in [-0.3, -0.25) is 4.79 Å². The van der Waals surface area contributed by atoms with Crippen LogP contribution in [0.2, 0.25) is 5.02 Å². The third-order valence-corrected chi connectivity index (χ3v) is 11.4. The third kappa shape index (κ3) is 7.11. The van der Waals surface area contributed by atoms with Gasteiger partial charge in [-0.25, -0.2) is 12.8 Å². The van der Waals surface area contributed by atoms with E-state index in [1.54, 1.807) is 54.6 Å². The van der Waals surface area contributed by atoms with E-state index >= 15 is 4.39 Å². The summed E-state index contributed by atoms with van der Waals surface area (Å²) in [5.74, 6) is -0.907. The zero-order valence-corrected chi connectivity index (χ0v) is 27.5. The number of halogens is 2. The van der Waals surface area contributed by atoms with Crippen LogP contribution in [0.15, 0.2) is 77.7 Å². The maximum atomic E-state index is 15.4. The van der Waals surface area contributed by atoms with Crippen molar-refractivity contribution < 1.29 is 22.3 Å². The van der Waals surface area contributed by atoms with Gasteiger partial charge in [0.2, 0.25) is 15.9 Å². The van der Waals surface area contributed by atoms with Crippen LogP contribution in [0.5, 0.6) is 0 Å². The number of carbonyl (C=O) groups is 1. The van der Waals surface area contributed by atoms with Crippen molar-refractivity contribution in [3.05, 3.63) is 94.8 Å². The molecule has 242 valence electrons. The van der Waals surface area contributed by atoms with Gasteiger partial charge < -0.3 is 21.1 Å². The molecule has 2 aliphatic heterocycles. The monoisotopic (exact) mass is 656 g/mol. The maximum Gasteiger partial charge on any atom is 0.243 e. The van der Waals surface area contributed by atoms with Crippen molar-refractivity contribution in [1.29, 1.82) is 0 Å². The van der Waals surface area contributed by atoms with Crippen molar-refractivity contribution >= 4 is 33.2 Å². The van der Waals surface area contributed by atoms with E-state index in [0.717, 1.165) is 5.56 Å². The van der Waals surface area contributed by atoms with Crippen LogP contribution in [0, 0.1) is 5.82 Å². The van der Waals surface area contributed by atoms with Gasteiger partial charge in [-0.2, -0.15) is 4.31 Å². The smallest absolute Gasteiger partial charge is 0.243 e. The minimum Gasteiger partial charge on any atom is -0.375 e. The van der Waals surface area contributed by atoms with Gasteiger partial charge in [0.15, 0.2) is 0 Å². The van der Waals surface area contributed by atoms with Crippen LogP contribution >= 0.6 is 11.6 Å². The van der Waals surface area contributed by atoms with Crippen LogP contribution in [-0.4, -0.2) is 62.1 Å². The lowest BCUT2D eigenvalue weighted by atomic mass is 9.66. The van der Waals surface area contributed by atoms with Crippen LogP contribution in [0.4, 0.5) is 10.1 Å². The molecule has 0 aromatic heterocycles. The van der Waals surface area contributed by atoms with Gasteiger partial charge in [0.05, 0.1) is 23.1 Å². The van der Waals surface area contributed by atoms with Crippen molar-refractivity contribution in [1.82, 2.24) is 9.62 Å². The van der Waals surface area contributed by atoms with E-state index in [-0.39, 0.29) is 29.6 Å². The van der Waals surface area contributed by atoms with E-state index in [4.69, 9.17) is 22.1 Å². The van der Waals surface area contributed by atoms with Crippen molar-refractivity contribution in [2.45, 2.75) is 87.1 Å². The zero-order chi connectivity index (χ0) is 32.4. The Balaban J connectivity index is 1.39. The van der Waals surface area contributed by atoms with Gasteiger partial charge in [-0.05, 0) is 88.4 Å². The summed E-state index contributed by atoms with van der Waals surface area (Å²) in [5, 5.41) is 6.83. The Morgan fingerprint density at radius 1 is 1.04 bits per heavy atom. The average Bonchev–Trinajstić information content (AvgIpc) is 3.00. The molecule has 8 nitrogen and oxygen atoms in total. The number of anilines is 1. The molecule has 2 unspecified atom stereocenters. The zero-order valence-electron chi connectivity index (χ0n) is 25.9. The Hall–Kier alpha value is -2.86. The quantitative estimate of drug-likeness (QED) is 0.290. The molecule has 6 atom stereocenters. The fourth-order valence-electron chi connectivity index (χ4n) is 7.13. The number of nitrogens with zero attached hydrogens (tertiary/aromatic N) is 1. The van der Waals surface area contributed by atoms with Crippen molar-refractivity contribution in [3.8, 4) is 0 Å². The fourth-order valence-corrected chi connectivity index (χ4v) is 9.12. The van der Waals surface area contributed by atoms with Crippen LogP contribution in [0.25, 0.3) is 0 Å². The molecule has 0 saturated carbocycles. The van der Waals surface area contributed by atoms with Gasteiger partial charge in [0, 0.05) is 46.9 Å². The average molecular weight is 657 g/mol. The molecule has 1 amide bonds. The molecule has 2 heterocycles. The Labute approximate surface area is 270 Å². The summed E-state index contributed by atoms with van der Waals surface area (Å²) in [4.78, 5) is 14.1. The highest BCUT2D eigenvalue weighted by molar-refractivity contribution is 7.89. The first-order chi connectivity index (χ1) is 21.4. The summed E-state index contributed by atoms with van der Waals surface area (Å²) in [6.45, 7) is 6.75. The highest BCUT2D eigenvalue weighted by Crippen LogP contribution is 2.43. The van der Waals surface area contributed by atoms with Crippen molar-refractivity contribution in [2.24, 2.45) is 5.73 Å². The maximum absolute atomic E-state index is 15.4. The predicted octanol–water partition coefficient (Wildman–Crippen LogP) is 5.25. The van der Waals surface area contributed by atoms with Crippen molar-refractivity contribution in [3.63, 3.8) is 0 Å². The molecule has 0 radical (unpaired) electrons. The standard InChI is InChI=1S/C34H42ClFN4O4S/c1-22-20-38-21-27(40(22)45(42,43)28-8-5-4-6-9-28)16-17-29-30(36)10-7-11-31(29)39-33(41)32(37)34(18-23(2)44-24(3)19-34)25-12-14-26(35)15-13-25/h4-15,22-24,27,32,38H,16-21,37H2,1-3H3,(H,39,41)/t22-,23-,24+,27+,32?,34?/m1/s1. The normalized spacial score (nSPS) is 26.7. The largest absolute Gasteiger partial charge is 0.375 e. The summed E-state index contributed by atoms with van der Waals surface area (Å²) < 4.78 is 50.3. The van der Waals surface area contributed by atoms with E-state index in [1.165, 1.54) is 10.4 Å². The van der Waals surface area contributed by atoms with Crippen molar-refractivity contribution in [2.75, 3.05) is 18.4 Å². The number of sulfonamides is 1. The number of rotatable bonds is 9. The third-order valence-electron chi connectivity index (χ3n) is 9.10. The van der Waals surface area contributed by atoms with Crippen LogP contribution in [-0.2, 0) is 31.4 Å². The Bertz CT molecular complexity index is 1580. The molecule has 2 fully saturated rings. The first kappa shape index (κ1) is 33.5. The molecule has 3 aromatic carbocycles. The molecular weight excluding hydrogens is 615 g/mol. The first-order valence-corrected chi connectivity index (χ1v) is 17.3. The number of benzene rings is 3. The summed E-state index contributed by atoms with van der Waals surface area (Å²) in [6.07, 6.45) is 1.36. The number of nitrogens with one attached hydrogen (secondary N) is 2. The molecule has 2 aliphatic rings. The Morgan fingerprint density at radius 3 is 2.38 bits per heavy atom. The number of carbonyl (C=O) groups excluding carboxylic acids is 1. The topological polar surface area (TPSA) is 114 Å². The van der Waals surface area contributed by atoms with Gasteiger partial charge >= 0.3 is 0 Å². The molecular formula is C34H42ClFN4O4S. The van der Waals surface area contributed by atoms with E-state index in [1.807, 2.05) is 32.9 Å². The Morgan fingerprint density at radius 2 is 1.71 bits per heavy atom. The molecule has 0 aliphatic carbocycles. The second-order valence-corrected chi connectivity index (χ2v) is 14.7. The SMILES string of the molecule is C[C@@H]1CC(c2ccc(Cl)cc2)(C(N)C(=O)Nc2cccc(F)c2CC[C@H]2CNC[C@@H](C)N2S(=O)(=O)c2ccccc2)C[C@H](C)O1. The molecule has 5 rings (SSSR count). The molecule has 0 spiro atoms. The number of hydrogen-bond acceptors (Lipinski definition) is 6. The van der Waals surface area contributed by atoms with Gasteiger partial charge in [0.25, 0.3) is 0 Å². The van der Waals surface area contributed by atoms with E-state index in [0.29, 0.717) is 48.6 Å². The number of nitrogens with two attached hydrogens (primary N) is 1. The van der Waals surface area contributed by atoms with E-state index < -0.39 is 39.2 Å². The fraction of sp³-hybridized carbons (Fsp3) is 0.441. The summed E-state index contributed by atoms with van der Waals surface area (Å²) in [5.41, 5.74) is 7.61. The number of amides is 1. The second-order valence-electron chi connectivity index (χ2n) is 12.4. The highest BCUT2D eigenvalue weighted by Gasteiger charge is 2.47. The summed E-state index contributed by atoms with van der Waals surface area (Å²) >= 11 is 6.18. The summed E-state index contributed by atoms with van der Waals surface area (Å²) in [7, 11) is -3.78. The van der Waals surface area contributed by atoms with Crippen LogP contribution < -0.4 is 16.4 Å². The second kappa shape index (κ2) is 13.9. The predicted molar refractivity (Wildman–Crippen MR) is 175 cm³/mol. The molecule has 3 aromatic rings. The van der Waals surface area contributed by atoms with Gasteiger partial charge in [-0.1, -0.05) is 48.0 Å². The first-order valence-electron chi connectivity index (χ1n) is 15.5. The number of ether oxygens (including phenoxy) is 1. The molecule has 0 bridgehead atoms. The van der Waals surface area contributed by atoms with Crippen LogP contribution in [0.3, 0.4) is 0 Å². The summed E-state index contributed by atoms with van der Waals surface area (Å²) in [6, 6.07) is 18.6. The van der Waals surface area contributed by atoms with E-state index in [2.05, 4.69) is 10.6 Å². The molecule has 2 saturated heterocycles.